The molecule has 0 saturated carbocycles. The SMILES string of the molecule is C1=CC(c2cccc3c2[nH]c2ccccc23)C=C1.F[P-](F)(F)(F)(F)F.F[P-](F)(F)(F)(F)F.[Fe+2]. The maximum atomic E-state index is 9.87. The average molecular weight is 577 g/mol. The molecule has 1 nitrogen and oxygen atoms in total. The number of benzene rings is 2. The fourth-order valence-corrected chi connectivity index (χ4v) is 2.81. The van der Waals surface area contributed by atoms with Crippen LogP contribution in [0.25, 0.3) is 21.8 Å². The van der Waals surface area contributed by atoms with Crippen molar-refractivity contribution in [1.82, 2.24) is 4.98 Å². The molecule has 3 aromatic rings. The zero-order valence-electron chi connectivity index (χ0n) is 15.7. The van der Waals surface area contributed by atoms with E-state index in [1.807, 2.05) is 0 Å². The summed E-state index contributed by atoms with van der Waals surface area (Å²) in [6, 6.07) is 15.0. The summed E-state index contributed by atoms with van der Waals surface area (Å²) in [5, 5.41) is 2.62. The van der Waals surface area contributed by atoms with Crippen molar-refractivity contribution in [2.24, 2.45) is 0 Å². The molecular weight excluding hydrogens is 564 g/mol. The standard InChI is InChI=1S/C17H13N.2F6P.Fe/c1-2-7-12(6-1)13-9-5-10-15-14-8-3-4-11-16(14)18-17(13)15;2*1-7(2,3,4,5)6;/h1-12,18H;;;/q;2*-1;+2. The predicted octanol–water partition coefficient (Wildman–Crippen LogP) is 11.3. The molecular formula is C17H13F12FeNP2. The molecule has 1 aromatic heterocycles. The Labute approximate surface area is 188 Å². The van der Waals surface area contributed by atoms with E-state index in [1.54, 1.807) is 0 Å². The Hall–Kier alpha value is -1.74. The van der Waals surface area contributed by atoms with Crippen LogP contribution in [-0.2, 0) is 17.1 Å². The maximum absolute atomic E-state index is 10.7. The zero-order chi connectivity index (χ0) is 24.8. The van der Waals surface area contributed by atoms with Crippen molar-refractivity contribution in [3.63, 3.8) is 0 Å². The van der Waals surface area contributed by atoms with Crippen molar-refractivity contribution in [2.75, 3.05) is 0 Å². The van der Waals surface area contributed by atoms with E-state index in [9.17, 15) is 50.4 Å². The van der Waals surface area contributed by atoms with Crippen molar-refractivity contribution in [3.05, 3.63) is 72.3 Å². The minimum Gasteiger partial charge on any atom is 2.00 e. The summed E-state index contributed by atoms with van der Waals surface area (Å²) in [6.45, 7) is 0. The fourth-order valence-electron chi connectivity index (χ4n) is 2.81. The van der Waals surface area contributed by atoms with Crippen LogP contribution in [0.15, 0.2) is 66.8 Å². The minimum absolute atomic E-state index is 0. The minimum atomic E-state index is -10.7. The maximum Gasteiger partial charge on any atom is 2.00 e. The van der Waals surface area contributed by atoms with Gasteiger partial charge in [0.1, 0.15) is 0 Å². The summed E-state index contributed by atoms with van der Waals surface area (Å²) in [7, 11) is -21.3. The van der Waals surface area contributed by atoms with Gasteiger partial charge in [-0.2, -0.15) is 0 Å². The number of para-hydroxylation sites is 2. The largest absolute Gasteiger partial charge is 2.00 e. The molecule has 0 bridgehead atoms. The van der Waals surface area contributed by atoms with Crippen molar-refractivity contribution in [2.45, 2.75) is 5.92 Å². The smallest absolute Gasteiger partial charge is 2.00 e. The van der Waals surface area contributed by atoms with Crippen molar-refractivity contribution in [3.8, 4) is 0 Å². The zero-order valence-corrected chi connectivity index (χ0v) is 18.6. The monoisotopic (exact) mass is 577 g/mol. The van der Waals surface area contributed by atoms with Crippen molar-refractivity contribution in [1.29, 1.82) is 0 Å². The van der Waals surface area contributed by atoms with Crippen molar-refractivity contribution < 1.29 is 67.4 Å². The number of allylic oxidation sites excluding steroid dienone is 4. The third-order valence-electron chi connectivity index (χ3n) is 3.68. The molecule has 1 N–H and O–H groups in total. The van der Waals surface area contributed by atoms with Crippen LogP contribution in [-0.4, -0.2) is 4.98 Å². The summed E-state index contributed by atoms with van der Waals surface area (Å²) in [4.78, 5) is 3.56. The Morgan fingerprint density at radius 1 is 0.576 bits per heavy atom. The van der Waals surface area contributed by atoms with E-state index < -0.39 is 15.6 Å². The van der Waals surface area contributed by atoms with Crippen LogP contribution < -0.4 is 0 Å². The molecule has 0 spiro atoms. The second-order valence-electron chi connectivity index (χ2n) is 6.65. The van der Waals surface area contributed by atoms with Crippen LogP contribution in [0.1, 0.15) is 11.5 Å². The molecule has 0 atom stereocenters. The number of H-pyrrole nitrogens is 1. The first kappa shape index (κ1) is 29.3. The van der Waals surface area contributed by atoms with Gasteiger partial charge in [-0.1, -0.05) is 60.7 Å². The molecule has 0 amide bonds. The Kier molecular flexibility index (Phi) is 6.77. The van der Waals surface area contributed by atoms with E-state index in [0.29, 0.717) is 5.92 Å². The molecule has 0 radical (unpaired) electrons. The fraction of sp³-hybridized carbons (Fsp3) is 0.0588. The number of halogens is 12. The van der Waals surface area contributed by atoms with E-state index in [4.69, 9.17) is 0 Å². The first-order valence-corrected chi connectivity index (χ1v) is 12.4. The van der Waals surface area contributed by atoms with E-state index in [0.717, 1.165) is 0 Å². The average Bonchev–Trinajstić information content (AvgIpc) is 3.16. The molecule has 188 valence electrons. The summed E-state index contributed by atoms with van der Waals surface area (Å²) < 4.78 is 118. The van der Waals surface area contributed by atoms with Crippen LogP contribution >= 0.6 is 15.6 Å². The van der Waals surface area contributed by atoms with Gasteiger partial charge in [0.25, 0.3) is 0 Å². The van der Waals surface area contributed by atoms with E-state index in [2.05, 4.69) is 71.8 Å². The molecule has 1 heterocycles. The van der Waals surface area contributed by atoms with Gasteiger partial charge in [0, 0.05) is 22.2 Å². The topological polar surface area (TPSA) is 15.8 Å². The van der Waals surface area contributed by atoms with Gasteiger partial charge in [0.2, 0.25) is 0 Å². The van der Waals surface area contributed by atoms with E-state index >= 15 is 0 Å². The van der Waals surface area contributed by atoms with Gasteiger partial charge in [0.15, 0.2) is 0 Å². The molecule has 0 fully saturated rings. The normalized spacial score (nSPS) is 18.1. The number of aromatic nitrogens is 1. The second-order valence-corrected chi connectivity index (χ2v) is 10.5. The summed E-state index contributed by atoms with van der Waals surface area (Å²) in [5.74, 6) is 0.404. The number of aromatic amines is 1. The quantitative estimate of drug-likeness (QED) is 0.168. The third kappa shape index (κ3) is 13.5. The van der Waals surface area contributed by atoms with Gasteiger partial charge in [-0.15, -0.1) is 0 Å². The molecule has 0 aliphatic heterocycles. The summed E-state index contributed by atoms with van der Waals surface area (Å²) >= 11 is 0. The van der Waals surface area contributed by atoms with Gasteiger partial charge in [-0.25, -0.2) is 0 Å². The molecule has 1 aliphatic carbocycles. The van der Waals surface area contributed by atoms with Gasteiger partial charge < -0.3 is 4.98 Å². The number of rotatable bonds is 1. The Morgan fingerprint density at radius 3 is 1.48 bits per heavy atom. The first-order chi connectivity index (χ1) is 13.8. The Balaban J connectivity index is 0.000000307. The number of nitrogens with one attached hydrogen (secondary N) is 1. The van der Waals surface area contributed by atoms with Crippen LogP contribution in [0.4, 0.5) is 50.4 Å². The van der Waals surface area contributed by atoms with E-state index in [1.165, 1.54) is 27.4 Å². The molecule has 1 aliphatic rings. The number of hydrogen-bond acceptors (Lipinski definition) is 0. The van der Waals surface area contributed by atoms with Gasteiger partial charge >= 0.3 is 83.0 Å². The Bertz CT molecular complexity index is 1150. The van der Waals surface area contributed by atoms with Gasteiger partial charge in [-0.05, 0) is 11.6 Å². The third-order valence-corrected chi connectivity index (χ3v) is 3.68. The van der Waals surface area contributed by atoms with Crippen LogP contribution in [0.5, 0.6) is 0 Å². The van der Waals surface area contributed by atoms with Crippen LogP contribution in [0.2, 0.25) is 0 Å². The summed E-state index contributed by atoms with van der Waals surface area (Å²) in [5.41, 5.74) is 3.83. The molecule has 2 aromatic carbocycles. The number of hydrogen-bond donors (Lipinski definition) is 1. The Morgan fingerprint density at radius 2 is 1.00 bits per heavy atom. The second kappa shape index (κ2) is 7.63. The predicted molar refractivity (Wildman–Crippen MR) is 104 cm³/mol. The van der Waals surface area contributed by atoms with Gasteiger partial charge in [-0.3, -0.25) is 0 Å². The molecule has 0 unspecified atom stereocenters. The summed E-state index contributed by atoms with van der Waals surface area (Å²) in [6.07, 6.45) is 8.71. The molecule has 4 rings (SSSR count). The first-order valence-electron chi connectivity index (χ1n) is 8.31. The number of fused-ring (bicyclic) bond motifs is 3. The van der Waals surface area contributed by atoms with Crippen molar-refractivity contribution >= 4 is 37.4 Å². The molecule has 33 heavy (non-hydrogen) atoms. The molecule has 0 saturated heterocycles. The van der Waals surface area contributed by atoms with Crippen LogP contribution in [0.3, 0.4) is 0 Å². The van der Waals surface area contributed by atoms with E-state index in [-0.39, 0.29) is 17.1 Å². The van der Waals surface area contributed by atoms with Crippen LogP contribution in [0, 0.1) is 0 Å². The molecule has 16 heteroatoms. The van der Waals surface area contributed by atoms with Gasteiger partial charge in [0.05, 0.1) is 5.52 Å².